The zero-order chi connectivity index (χ0) is 15.8. The smallest absolute Gasteiger partial charge is 0.126 e. The molecule has 0 amide bonds. The van der Waals surface area contributed by atoms with Crippen LogP contribution in [0.1, 0.15) is 31.4 Å². The number of benzene rings is 1. The van der Waals surface area contributed by atoms with E-state index in [1.807, 2.05) is 14.1 Å². The summed E-state index contributed by atoms with van der Waals surface area (Å²) < 4.78 is 26.3. The van der Waals surface area contributed by atoms with Crippen molar-refractivity contribution in [3.05, 3.63) is 35.4 Å². The molecule has 120 valence electrons. The van der Waals surface area contributed by atoms with Crippen molar-refractivity contribution in [1.29, 1.82) is 0 Å². The molecule has 21 heavy (non-hydrogen) atoms. The summed E-state index contributed by atoms with van der Waals surface area (Å²) >= 11 is 0. The number of aliphatic hydroxyl groups excluding tert-OH is 1. The van der Waals surface area contributed by atoms with Crippen LogP contribution in [0.25, 0.3) is 0 Å². The SMILES string of the molecule is CCN(CCCN(C)C)CCC(O)c1cc(F)cc(F)c1. The average Bonchev–Trinajstić information content (AvgIpc) is 2.40. The summed E-state index contributed by atoms with van der Waals surface area (Å²) in [5, 5.41) is 10.1. The molecule has 0 saturated carbocycles. The van der Waals surface area contributed by atoms with E-state index in [1.54, 1.807) is 0 Å². The molecule has 0 aliphatic rings. The second kappa shape index (κ2) is 9.07. The molecule has 0 radical (unpaired) electrons. The zero-order valence-electron chi connectivity index (χ0n) is 13.1. The molecule has 0 fully saturated rings. The highest BCUT2D eigenvalue weighted by Gasteiger charge is 2.12. The Balaban J connectivity index is 2.44. The van der Waals surface area contributed by atoms with Crippen molar-refractivity contribution in [2.45, 2.75) is 25.9 Å². The number of nitrogens with zero attached hydrogens (tertiary/aromatic N) is 2. The lowest BCUT2D eigenvalue weighted by molar-refractivity contribution is 0.141. The fourth-order valence-electron chi connectivity index (χ4n) is 2.28. The van der Waals surface area contributed by atoms with Crippen molar-refractivity contribution in [3.63, 3.8) is 0 Å². The van der Waals surface area contributed by atoms with Crippen LogP contribution in [0.2, 0.25) is 0 Å². The van der Waals surface area contributed by atoms with Gasteiger partial charge in [-0.15, -0.1) is 0 Å². The summed E-state index contributed by atoms with van der Waals surface area (Å²) in [5.41, 5.74) is 0.303. The maximum Gasteiger partial charge on any atom is 0.126 e. The van der Waals surface area contributed by atoms with Gasteiger partial charge in [0.1, 0.15) is 11.6 Å². The summed E-state index contributed by atoms with van der Waals surface area (Å²) in [7, 11) is 4.08. The standard InChI is InChI=1S/C16H26F2N2O/c1-4-20(8-5-7-19(2)3)9-6-16(21)13-10-14(17)12-15(18)11-13/h10-12,16,21H,4-9H2,1-3H3. The molecular formula is C16H26F2N2O. The molecule has 0 aliphatic carbocycles. The van der Waals surface area contributed by atoms with E-state index in [4.69, 9.17) is 0 Å². The van der Waals surface area contributed by atoms with Crippen molar-refractivity contribution in [3.8, 4) is 0 Å². The van der Waals surface area contributed by atoms with E-state index in [1.165, 1.54) is 12.1 Å². The maximum atomic E-state index is 13.1. The number of rotatable bonds is 9. The van der Waals surface area contributed by atoms with Crippen LogP contribution in [0, 0.1) is 11.6 Å². The lowest BCUT2D eigenvalue weighted by Gasteiger charge is -2.23. The van der Waals surface area contributed by atoms with E-state index < -0.39 is 17.7 Å². The normalized spacial score (nSPS) is 13.1. The Labute approximate surface area is 126 Å². The Morgan fingerprint density at radius 2 is 1.67 bits per heavy atom. The average molecular weight is 300 g/mol. The fraction of sp³-hybridized carbons (Fsp3) is 0.625. The Morgan fingerprint density at radius 1 is 1.05 bits per heavy atom. The molecule has 0 saturated heterocycles. The number of aliphatic hydroxyl groups is 1. The monoisotopic (exact) mass is 300 g/mol. The quantitative estimate of drug-likeness (QED) is 0.759. The second-order valence-corrected chi connectivity index (χ2v) is 5.60. The van der Waals surface area contributed by atoms with Gasteiger partial charge in [0.05, 0.1) is 6.10 Å². The van der Waals surface area contributed by atoms with Gasteiger partial charge >= 0.3 is 0 Å². The molecule has 1 N–H and O–H groups in total. The lowest BCUT2D eigenvalue weighted by Crippen LogP contribution is -2.29. The van der Waals surface area contributed by atoms with Gasteiger partial charge < -0.3 is 14.9 Å². The molecule has 0 bridgehead atoms. The molecule has 1 rings (SSSR count). The van der Waals surface area contributed by atoms with E-state index in [2.05, 4.69) is 16.7 Å². The van der Waals surface area contributed by atoms with Gasteiger partial charge in [-0.1, -0.05) is 6.92 Å². The largest absolute Gasteiger partial charge is 0.388 e. The van der Waals surface area contributed by atoms with Crippen molar-refractivity contribution in [2.75, 3.05) is 40.3 Å². The highest BCUT2D eigenvalue weighted by atomic mass is 19.1. The van der Waals surface area contributed by atoms with Gasteiger partial charge in [-0.05, 0) is 64.3 Å². The molecule has 1 aromatic rings. The third kappa shape index (κ3) is 6.98. The van der Waals surface area contributed by atoms with E-state index >= 15 is 0 Å². The Bertz CT molecular complexity index is 406. The summed E-state index contributed by atoms with van der Waals surface area (Å²) in [4.78, 5) is 4.38. The lowest BCUT2D eigenvalue weighted by atomic mass is 10.1. The minimum atomic E-state index is -0.835. The zero-order valence-corrected chi connectivity index (χ0v) is 13.1. The minimum Gasteiger partial charge on any atom is -0.388 e. The van der Waals surface area contributed by atoms with Crippen LogP contribution in [0.15, 0.2) is 18.2 Å². The predicted molar refractivity (Wildman–Crippen MR) is 81.2 cm³/mol. The van der Waals surface area contributed by atoms with Crippen molar-refractivity contribution < 1.29 is 13.9 Å². The molecule has 0 heterocycles. The predicted octanol–water partition coefficient (Wildman–Crippen LogP) is 2.66. The van der Waals surface area contributed by atoms with Crippen LogP contribution in [-0.2, 0) is 0 Å². The Morgan fingerprint density at radius 3 is 2.19 bits per heavy atom. The molecule has 0 aliphatic heterocycles. The number of halogens is 2. The van der Waals surface area contributed by atoms with Crippen LogP contribution in [0.3, 0.4) is 0 Å². The molecule has 5 heteroatoms. The first-order valence-corrected chi connectivity index (χ1v) is 7.43. The summed E-state index contributed by atoms with van der Waals surface area (Å²) in [5.74, 6) is -1.30. The molecule has 1 aromatic carbocycles. The molecule has 1 atom stereocenters. The second-order valence-electron chi connectivity index (χ2n) is 5.60. The van der Waals surface area contributed by atoms with Gasteiger partial charge in [-0.25, -0.2) is 8.78 Å². The van der Waals surface area contributed by atoms with E-state index in [0.717, 1.165) is 32.1 Å². The van der Waals surface area contributed by atoms with E-state index in [-0.39, 0.29) is 0 Å². The van der Waals surface area contributed by atoms with Gasteiger partial charge in [-0.3, -0.25) is 0 Å². The molecule has 0 aromatic heterocycles. The van der Waals surface area contributed by atoms with Crippen LogP contribution in [0.5, 0.6) is 0 Å². The van der Waals surface area contributed by atoms with Crippen LogP contribution in [-0.4, -0.2) is 55.2 Å². The molecule has 0 spiro atoms. The minimum absolute atomic E-state index is 0.303. The first-order chi connectivity index (χ1) is 9.92. The third-order valence-corrected chi connectivity index (χ3v) is 3.52. The van der Waals surface area contributed by atoms with E-state index in [9.17, 15) is 13.9 Å². The molecular weight excluding hydrogens is 274 g/mol. The van der Waals surface area contributed by atoms with Gasteiger partial charge in [-0.2, -0.15) is 0 Å². The van der Waals surface area contributed by atoms with Gasteiger partial charge in [0.2, 0.25) is 0 Å². The van der Waals surface area contributed by atoms with Crippen LogP contribution < -0.4 is 0 Å². The van der Waals surface area contributed by atoms with Crippen LogP contribution in [0.4, 0.5) is 8.78 Å². The number of hydrogen-bond donors (Lipinski definition) is 1. The summed E-state index contributed by atoms with van der Waals surface area (Å²) in [6, 6.07) is 3.20. The Kier molecular flexibility index (Phi) is 7.78. The topological polar surface area (TPSA) is 26.7 Å². The van der Waals surface area contributed by atoms with Crippen molar-refractivity contribution in [2.24, 2.45) is 0 Å². The van der Waals surface area contributed by atoms with Gasteiger partial charge in [0.15, 0.2) is 0 Å². The number of hydrogen-bond acceptors (Lipinski definition) is 3. The maximum absolute atomic E-state index is 13.1. The molecule has 3 nitrogen and oxygen atoms in total. The highest BCUT2D eigenvalue weighted by Crippen LogP contribution is 2.19. The van der Waals surface area contributed by atoms with Crippen molar-refractivity contribution >= 4 is 0 Å². The van der Waals surface area contributed by atoms with Gasteiger partial charge in [0, 0.05) is 12.6 Å². The summed E-state index contributed by atoms with van der Waals surface area (Å²) in [6.45, 7) is 5.66. The van der Waals surface area contributed by atoms with Crippen molar-refractivity contribution in [1.82, 2.24) is 9.80 Å². The Hall–Kier alpha value is -1.04. The fourth-order valence-corrected chi connectivity index (χ4v) is 2.28. The highest BCUT2D eigenvalue weighted by molar-refractivity contribution is 5.20. The van der Waals surface area contributed by atoms with E-state index in [0.29, 0.717) is 18.5 Å². The third-order valence-electron chi connectivity index (χ3n) is 3.52. The van der Waals surface area contributed by atoms with Crippen LogP contribution >= 0.6 is 0 Å². The summed E-state index contributed by atoms with van der Waals surface area (Å²) in [6.07, 6.45) is 0.697. The van der Waals surface area contributed by atoms with Gasteiger partial charge in [0.25, 0.3) is 0 Å². The first kappa shape index (κ1) is 18.0. The first-order valence-electron chi connectivity index (χ1n) is 7.43. The molecule has 1 unspecified atom stereocenters.